The van der Waals surface area contributed by atoms with Gasteiger partial charge in [0, 0.05) is 24.6 Å². The molecule has 0 unspecified atom stereocenters. The van der Waals surface area contributed by atoms with E-state index in [0.717, 1.165) is 21.5 Å². The number of sulfonamides is 1. The average Bonchev–Trinajstić information content (AvgIpc) is 3.00. The number of amides is 1. The molecule has 8 heteroatoms. The van der Waals surface area contributed by atoms with Gasteiger partial charge in [-0.25, -0.2) is 13.4 Å². The maximum Gasteiger partial charge on any atom is 0.263 e. The highest BCUT2D eigenvalue weighted by atomic mass is 32.2. The van der Waals surface area contributed by atoms with Gasteiger partial charge >= 0.3 is 0 Å². The number of nitrogens with one attached hydrogen (secondary N) is 1. The molecule has 0 saturated heterocycles. The minimum atomic E-state index is -3.78. The highest BCUT2D eigenvalue weighted by Gasteiger charge is 2.36. The van der Waals surface area contributed by atoms with Gasteiger partial charge in [-0.3, -0.25) is 9.52 Å². The van der Waals surface area contributed by atoms with Crippen molar-refractivity contribution in [1.29, 1.82) is 0 Å². The summed E-state index contributed by atoms with van der Waals surface area (Å²) in [7, 11) is -2.07. The summed E-state index contributed by atoms with van der Waals surface area (Å²) < 4.78 is 29.3. The monoisotopic (exact) mass is 401 g/mol. The van der Waals surface area contributed by atoms with Crippen LogP contribution in [0.5, 0.6) is 0 Å². The molecule has 140 valence electrons. The van der Waals surface area contributed by atoms with Crippen molar-refractivity contribution >= 4 is 48.3 Å². The van der Waals surface area contributed by atoms with E-state index in [1.54, 1.807) is 24.1 Å². The minimum absolute atomic E-state index is 0.0238. The molecule has 2 aromatic carbocycles. The second kappa shape index (κ2) is 6.03. The Labute approximate surface area is 161 Å². The second-order valence-electron chi connectivity index (χ2n) is 7.28. The van der Waals surface area contributed by atoms with Crippen LogP contribution in [-0.2, 0) is 20.2 Å². The molecule has 0 radical (unpaired) electrons. The lowest BCUT2D eigenvalue weighted by Crippen LogP contribution is -2.39. The van der Waals surface area contributed by atoms with Crippen LogP contribution in [0.2, 0.25) is 0 Å². The summed E-state index contributed by atoms with van der Waals surface area (Å²) in [6, 6.07) is 12.4. The molecule has 27 heavy (non-hydrogen) atoms. The molecule has 0 saturated carbocycles. The lowest BCUT2D eigenvalue weighted by molar-refractivity contribution is -0.119. The first-order valence-corrected chi connectivity index (χ1v) is 10.8. The van der Waals surface area contributed by atoms with Crippen LogP contribution in [0.3, 0.4) is 0 Å². The van der Waals surface area contributed by atoms with Crippen LogP contribution in [-0.4, -0.2) is 26.4 Å². The maximum absolute atomic E-state index is 12.9. The van der Waals surface area contributed by atoms with Crippen molar-refractivity contribution in [3.8, 4) is 0 Å². The van der Waals surface area contributed by atoms with Gasteiger partial charge in [0.05, 0.1) is 15.1 Å². The number of carbonyl (C=O) groups is 1. The van der Waals surface area contributed by atoms with E-state index in [0.29, 0.717) is 11.6 Å². The number of hydrogen-bond acceptors (Lipinski definition) is 5. The largest absolute Gasteiger partial charge is 0.315 e. The Morgan fingerprint density at radius 2 is 1.93 bits per heavy atom. The molecular formula is C19H19N3O3S2. The zero-order valence-electron chi connectivity index (χ0n) is 15.2. The summed E-state index contributed by atoms with van der Waals surface area (Å²) in [4.78, 5) is 18.3. The molecule has 1 aromatic heterocycles. The summed E-state index contributed by atoms with van der Waals surface area (Å²) >= 11 is 1.29. The second-order valence-corrected chi connectivity index (χ2v) is 10.00. The zero-order valence-corrected chi connectivity index (χ0v) is 16.8. The number of hydrogen-bond donors (Lipinski definition) is 1. The van der Waals surface area contributed by atoms with E-state index >= 15 is 0 Å². The molecule has 3 aromatic rings. The fourth-order valence-corrected chi connectivity index (χ4v) is 5.46. The maximum atomic E-state index is 12.9. The molecule has 2 heterocycles. The number of aromatic nitrogens is 1. The van der Waals surface area contributed by atoms with Crippen LogP contribution in [0.1, 0.15) is 25.8 Å². The van der Waals surface area contributed by atoms with Gasteiger partial charge in [0.2, 0.25) is 5.91 Å². The Balaban J connectivity index is 1.73. The number of benzene rings is 2. The van der Waals surface area contributed by atoms with E-state index in [1.165, 1.54) is 17.4 Å². The van der Waals surface area contributed by atoms with E-state index in [1.807, 2.05) is 38.1 Å². The first-order valence-electron chi connectivity index (χ1n) is 8.47. The first kappa shape index (κ1) is 17.9. The van der Waals surface area contributed by atoms with Gasteiger partial charge in [0.15, 0.2) is 5.13 Å². The third-order valence-electron chi connectivity index (χ3n) is 4.85. The van der Waals surface area contributed by atoms with E-state index in [9.17, 15) is 13.2 Å². The van der Waals surface area contributed by atoms with Crippen molar-refractivity contribution in [2.75, 3.05) is 16.7 Å². The number of nitrogens with zero attached hydrogens (tertiary/aromatic N) is 2. The summed E-state index contributed by atoms with van der Waals surface area (Å²) in [5.74, 6) is 0.0238. The standard InChI is InChI=1S/C19H19N3O3S2/c1-19(2)11-17(23)22(3)15-9-8-12(10-13(15)19)27(24,25)21-18-20-14-6-4-5-7-16(14)26-18/h4-10H,11H2,1-3H3,(H,20,21). The summed E-state index contributed by atoms with van der Waals surface area (Å²) in [5.41, 5.74) is 1.92. The Morgan fingerprint density at radius 3 is 2.67 bits per heavy atom. The Bertz CT molecular complexity index is 1130. The van der Waals surface area contributed by atoms with E-state index in [2.05, 4.69) is 9.71 Å². The molecule has 1 aliphatic rings. The molecule has 0 aliphatic carbocycles. The van der Waals surface area contributed by atoms with Crippen molar-refractivity contribution in [2.45, 2.75) is 30.6 Å². The van der Waals surface area contributed by atoms with Crippen LogP contribution < -0.4 is 9.62 Å². The molecule has 1 aliphatic heterocycles. The Hall–Kier alpha value is -2.45. The number of rotatable bonds is 3. The van der Waals surface area contributed by atoms with Gasteiger partial charge in [-0.1, -0.05) is 37.3 Å². The summed E-state index contributed by atoms with van der Waals surface area (Å²) in [6.45, 7) is 3.90. The van der Waals surface area contributed by atoms with E-state index in [-0.39, 0.29) is 10.8 Å². The van der Waals surface area contributed by atoms with Crippen molar-refractivity contribution in [3.63, 3.8) is 0 Å². The van der Waals surface area contributed by atoms with Gasteiger partial charge < -0.3 is 4.90 Å². The SMILES string of the molecule is CN1C(=O)CC(C)(C)c2cc(S(=O)(=O)Nc3nc4ccccc4s3)ccc21. The predicted octanol–water partition coefficient (Wildman–Crippen LogP) is 3.74. The quantitative estimate of drug-likeness (QED) is 0.725. The Morgan fingerprint density at radius 1 is 1.19 bits per heavy atom. The fourth-order valence-electron chi connectivity index (χ4n) is 3.33. The molecule has 0 bridgehead atoms. The molecule has 1 N–H and O–H groups in total. The van der Waals surface area contributed by atoms with Crippen LogP contribution in [0.25, 0.3) is 10.2 Å². The smallest absolute Gasteiger partial charge is 0.263 e. The van der Waals surface area contributed by atoms with Crippen LogP contribution in [0.4, 0.5) is 10.8 Å². The first-order chi connectivity index (χ1) is 12.7. The van der Waals surface area contributed by atoms with Crippen molar-refractivity contribution in [3.05, 3.63) is 48.0 Å². The lowest BCUT2D eigenvalue weighted by atomic mass is 9.77. The highest BCUT2D eigenvalue weighted by molar-refractivity contribution is 7.93. The van der Waals surface area contributed by atoms with Crippen LogP contribution in [0.15, 0.2) is 47.4 Å². The number of para-hydroxylation sites is 1. The van der Waals surface area contributed by atoms with Crippen LogP contribution >= 0.6 is 11.3 Å². The fraction of sp³-hybridized carbons (Fsp3) is 0.263. The zero-order chi connectivity index (χ0) is 19.4. The molecule has 0 fully saturated rings. The number of anilines is 2. The van der Waals surface area contributed by atoms with Gasteiger partial charge in [0.25, 0.3) is 10.0 Å². The van der Waals surface area contributed by atoms with Crippen molar-refractivity contribution in [1.82, 2.24) is 4.98 Å². The normalized spacial score (nSPS) is 16.4. The summed E-state index contributed by atoms with van der Waals surface area (Å²) in [5, 5.41) is 0.334. The number of thiazole rings is 1. The van der Waals surface area contributed by atoms with Crippen molar-refractivity contribution < 1.29 is 13.2 Å². The third kappa shape index (κ3) is 3.08. The predicted molar refractivity (Wildman–Crippen MR) is 108 cm³/mol. The van der Waals surface area contributed by atoms with Gasteiger partial charge in [0.1, 0.15) is 0 Å². The molecule has 4 rings (SSSR count). The van der Waals surface area contributed by atoms with Gasteiger partial charge in [-0.2, -0.15) is 0 Å². The molecule has 0 spiro atoms. The lowest BCUT2D eigenvalue weighted by Gasteiger charge is -2.37. The molecule has 1 amide bonds. The van der Waals surface area contributed by atoms with E-state index in [4.69, 9.17) is 0 Å². The van der Waals surface area contributed by atoms with Gasteiger partial charge in [-0.05, 0) is 35.9 Å². The van der Waals surface area contributed by atoms with Crippen molar-refractivity contribution in [2.24, 2.45) is 0 Å². The van der Waals surface area contributed by atoms with Gasteiger partial charge in [-0.15, -0.1) is 0 Å². The molecular weight excluding hydrogens is 382 g/mol. The molecule has 6 nitrogen and oxygen atoms in total. The highest BCUT2D eigenvalue weighted by Crippen LogP contribution is 2.41. The summed E-state index contributed by atoms with van der Waals surface area (Å²) in [6.07, 6.45) is 0.339. The average molecular weight is 402 g/mol. The number of carbonyl (C=O) groups excluding carboxylic acids is 1. The third-order valence-corrected chi connectivity index (χ3v) is 7.27. The van der Waals surface area contributed by atoms with Crippen LogP contribution in [0, 0.1) is 0 Å². The minimum Gasteiger partial charge on any atom is -0.315 e. The topological polar surface area (TPSA) is 79.4 Å². The van der Waals surface area contributed by atoms with E-state index < -0.39 is 15.4 Å². The number of fused-ring (bicyclic) bond motifs is 2. The Kier molecular flexibility index (Phi) is 4.01. The molecule has 0 atom stereocenters.